The molecule has 1 aromatic carbocycles. The van der Waals surface area contributed by atoms with E-state index >= 15 is 0 Å². The first-order valence-corrected chi connectivity index (χ1v) is 14.6. The van der Waals surface area contributed by atoms with Crippen molar-refractivity contribution in [1.29, 1.82) is 0 Å². The summed E-state index contributed by atoms with van der Waals surface area (Å²) in [6, 6.07) is 15.6. The third kappa shape index (κ3) is 4.67. The van der Waals surface area contributed by atoms with Crippen LogP contribution in [0.25, 0.3) is 0 Å². The first-order valence-electron chi connectivity index (χ1n) is 14.6. The fourth-order valence-corrected chi connectivity index (χ4v) is 8.09. The topological polar surface area (TPSA) is 71.1 Å². The molecule has 4 heterocycles. The van der Waals surface area contributed by atoms with E-state index in [2.05, 4.69) is 51.9 Å². The summed E-state index contributed by atoms with van der Waals surface area (Å²) in [6.45, 7) is 4.37. The molecule has 0 unspecified atom stereocenters. The van der Waals surface area contributed by atoms with Crippen LogP contribution in [-0.2, 0) is 16.8 Å². The van der Waals surface area contributed by atoms with Gasteiger partial charge in [-0.3, -0.25) is 4.79 Å². The number of likely N-dealkylation sites (tertiary alicyclic amines) is 1. The molecule has 3 aliphatic heterocycles. The number of nitrogens with one attached hydrogen (secondary N) is 1. The van der Waals surface area contributed by atoms with Gasteiger partial charge in [-0.1, -0.05) is 55.7 Å². The summed E-state index contributed by atoms with van der Waals surface area (Å²) in [6.07, 6.45) is 9.68. The number of aromatic nitrogens is 1. The predicted octanol–water partition coefficient (Wildman–Crippen LogP) is 3.37. The maximum absolute atomic E-state index is 14.7. The number of hydrogen-bond donors (Lipinski definition) is 2. The highest BCUT2D eigenvalue weighted by molar-refractivity contribution is 5.82. The summed E-state index contributed by atoms with van der Waals surface area (Å²) in [5.74, 6) is 2.25. The van der Waals surface area contributed by atoms with Gasteiger partial charge in [-0.2, -0.15) is 0 Å². The zero-order valence-corrected chi connectivity index (χ0v) is 22.3. The second-order valence-electron chi connectivity index (χ2n) is 11.8. The SMILES string of the molecule is COc1ccc2c(n1)CNCC[C@]21C[NH2+]C[C@H]1C(=O)N1CC[C@@H](c2ccccc2)C[C@H]1C1CCCCC1. The number of fused-ring (bicyclic) bond motifs is 2. The first-order chi connectivity index (χ1) is 18.2. The molecule has 3 fully saturated rings. The Morgan fingerprint density at radius 3 is 2.76 bits per heavy atom. The number of nitrogens with two attached hydrogens (primary N) is 1. The Balaban J connectivity index is 1.31. The zero-order chi connectivity index (χ0) is 25.2. The second-order valence-corrected chi connectivity index (χ2v) is 11.8. The number of carbonyl (C=O) groups is 1. The van der Waals surface area contributed by atoms with Crippen LogP contribution in [0.4, 0.5) is 0 Å². The highest BCUT2D eigenvalue weighted by atomic mass is 16.5. The number of methoxy groups -OCH3 is 1. The van der Waals surface area contributed by atoms with Crippen molar-refractivity contribution < 1.29 is 14.8 Å². The van der Waals surface area contributed by atoms with E-state index in [4.69, 9.17) is 9.72 Å². The van der Waals surface area contributed by atoms with Crippen LogP contribution < -0.4 is 15.4 Å². The number of piperidine rings is 1. The molecule has 37 heavy (non-hydrogen) atoms. The summed E-state index contributed by atoms with van der Waals surface area (Å²) in [7, 11) is 1.68. The maximum Gasteiger partial charge on any atom is 0.232 e. The monoisotopic (exact) mass is 503 g/mol. The number of ether oxygens (including phenoxy) is 1. The van der Waals surface area contributed by atoms with Gasteiger partial charge in [0.1, 0.15) is 5.92 Å². The lowest BCUT2D eigenvalue weighted by Gasteiger charge is -2.46. The molecule has 6 nitrogen and oxygen atoms in total. The van der Waals surface area contributed by atoms with Gasteiger partial charge < -0.3 is 20.3 Å². The number of benzene rings is 1. The summed E-state index contributed by atoms with van der Waals surface area (Å²) in [4.78, 5) is 21.9. The van der Waals surface area contributed by atoms with Crippen LogP contribution in [0.3, 0.4) is 0 Å². The molecule has 1 amide bonds. The number of quaternary nitrogens is 1. The van der Waals surface area contributed by atoms with Crippen LogP contribution in [-0.4, -0.2) is 55.1 Å². The largest absolute Gasteiger partial charge is 0.481 e. The van der Waals surface area contributed by atoms with Crippen LogP contribution in [0.5, 0.6) is 5.88 Å². The van der Waals surface area contributed by atoms with Crippen molar-refractivity contribution >= 4 is 5.91 Å². The Bertz CT molecular complexity index is 1090. The fraction of sp³-hybridized carbons (Fsp3) is 0.613. The molecule has 1 aromatic heterocycles. The Morgan fingerprint density at radius 1 is 1.11 bits per heavy atom. The molecule has 0 bridgehead atoms. The molecule has 1 aliphatic carbocycles. The predicted molar refractivity (Wildman–Crippen MR) is 144 cm³/mol. The molecule has 2 saturated heterocycles. The molecule has 3 N–H and O–H groups in total. The zero-order valence-electron chi connectivity index (χ0n) is 22.3. The number of pyridine rings is 1. The van der Waals surface area contributed by atoms with Crippen molar-refractivity contribution in [2.75, 3.05) is 33.3 Å². The Kier molecular flexibility index (Phi) is 7.22. The Morgan fingerprint density at radius 2 is 1.95 bits per heavy atom. The number of nitrogens with zero attached hydrogens (tertiary/aromatic N) is 2. The normalized spacial score (nSPS) is 30.6. The first kappa shape index (κ1) is 24.9. The number of rotatable bonds is 4. The molecule has 0 radical (unpaired) electrons. The number of carbonyl (C=O) groups excluding carboxylic acids is 1. The van der Waals surface area contributed by atoms with Gasteiger partial charge in [0.2, 0.25) is 11.8 Å². The van der Waals surface area contributed by atoms with Crippen molar-refractivity contribution in [3.8, 4) is 5.88 Å². The highest BCUT2D eigenvalue weighted by Crippen LogP contribution is 2.44. The summed E-state index contributed by atoms with van der Waals surface area (Å²) in [5, 5.41) is 5.96. The van der Waals surface area contributed by atoms with Crippen LogP contribution in [0, 0.1) is 11.8 Å². The summed E-state index contributed by atoms with van der Waals surface area (Å²) in [5.41, 5.74) is 3.60. The smallest absolute Gasteiger partial charge is 0.232 e. The molecule has 4 aliphatic rings. The van der Waals surface area contributed by atoms with Crippen molar-refractivity contribution in [3.05, 3.63) is 59.3 Å². The molecule has 6 heteroatoms. The van der Waals surface area contributed by atoms with E-state index in [1.54, 1.807) is 7.11 Å². The standard InChI is InChI=1S/C31H42N4O2/c1-37-29-13-12-25-27(34-29)20-32-16-15-31(25)21-33-19-26(31)30(36)35-17-14-24(22-8-4-2-5-9-22)18-28(35)23-10-6-3-7-11-23/h2,4-5,8-9,12-13,23-24,26,28,32-33H,3,6-7,10-11,14-21H2,1H3/p+1/t24-,26+,28+,31+/m1/s1. The van der Waals surface area contributed by atoms with Crippen molar-refractivity contribution in [1.82, 2.24) is 15.2 Å². The van der Waals surface area contributed by atoms with Gasteiger partial charge in [-0.05, 0) is 61.6 Å². The summed E-state index contributed by atoms with van der Waals surface area (Å²) >= 11 is 0. The molecule has 1 spiro atoms. The minimum Gasteiger partial charge on any atom is -0.481 e. The number of hydrogen-bond acceptors (Lipinski definition) is 4. The van der Waals surface area contributed by atoms with E-state index in [1.165, 1.54) is 43.2 Å². The minimum atomic E-state index is -0.164. The van der Waals surface area contributed by atoms with Gasteiger partial charge in [0, 0.05) is 25.2 Å². The molecule has 6 rings (SSSR count). The van der Waals surface area contributed by atoms with E-state index < -0.39 is 0 Å². The van der Waals surface area contributed by atoms with Crippen LogP contribution in [0.1, 0.15) is 74.1 Å². The molecule has 198 valence electrons. The van der Waals surface area contributed by atoms with Crippen molar-refractivity contribution in [3.63, 3.8) is 0 Å². The second kappa shape index (κ2) is 10.7. The Labute approximate surface area is 221 Å². The molecular weight excluding hydrogens is 460 g/mol. The summed E-state index contributed by atoms with van der Waals surface area (Å²) < 4.78 is 5.45. The van der Waals surface area contributed by atoms with Gasteiger partial charge in [-0.25, -0.2) is 4.98 Å². The quantitative estimate of drug-likeness (QED) is 0.671. The molecule has 2 aromatic rings. The van der Waals surface area contributed by atoms with E-state index in [1.807, 2.05) is 6.07 Å². The van der Waals surface area contributed by atoms with Crippen molar-refractivity contribution in [2.45, 2.75) is 75.3 Å². The fourth-order valence-electron chi connectivity index (χ4n) is 8.09. The molecule has 4 atom stereocenters. The van der Waals surface area contributed by atoms with Gasteiger partial charge in [-0.15, -0.1) is 0 Å². The maximum atomic E-state index is 14.7. The van der Waals surface area contributed by atoms with Gasteiger partial charge in [0.15, 0.2) is 0 Å². The lowest BCUT2D eigenvalue weighted by molar-refractivity contribution is -0.640. The highest BCUT2D eigenvalue weighted by Gasteiger charge is 2.55. The third-order valence-electron chi connectivity index (χ3n) is 10.0. The Hall–Kier alpha value is -2.44. The number of amides is 1. The van der Waals surface area contributed by atoms with E-state index in [0.717, 1.165) is 57.7 Å². The third-order valence-corrected chi connectivity index (χ3v) is 10.0. The van der Waals surface area contributed by atoms with Crippen LogP contribution >= 0.6 is 0 Å². The van der Waals surface area contributed by atoms with E-state index in [9.17, 15) is 4.79 Å². The van der Waals surface area contributed by atoms with Crippen molar-refractivity contribution in [2.24, 2.45) is 11.8 Å². The molecule has 1 saturated carbocycles. The van der Waals surface area contributed by atoms with E-state index in [0.29, 0.717) is 29.7 Å². The van der Waals surface area contributed by atoms with Gasteiger partial charge in [0.25, 0.3) is 0 Å². The van der Waals surface area contributed by atoms with E-state index in [-0.39, 0.29) is 11.3 Å². The van der Waals surface area contributed by atoms with Crippen LogP contribution in [0.2, 0.25) is 0 Å². The lowest BCUT2D eigenvalue weighted by Crippen LogP contribution is -2.82. The minimum absolute atomic E-state index is 0.000658. The van der Waals surface area contributed by atoms with Gasteiger partial charge >= 0.3 is 0 Å². The molecular formula is C31H43N4O2+. The average Bonchev–Trinajstić information content (AvgIpc) is 3.31. The van der Waals surface area contributed by atoms with Crippen LogP contribution in [0.15, 0.2) is 42.5 Å². The average molecular weight is 504 g/mol. The van der Waals surface area contributed by atoms with Gasteiger partial charge in [0.05, 0.1) is 31.3 Å². The lowest BCUT2D eigenvalue weighted by atomic mass is 9.68.